The molecule has 0 aliphatic heterocycles. The van der Waals surface area contributed by atoms with Crippen molar-refractivity contribution in [3.8, 4) is 0 Å². The van der Waals surface area contributed by atoms with Gasteiger partial charge in [-0.2, -0.15) is 0 Å². The van der Waals surface area contributed by atoms with Crippen LogP contribution in [-0.2, 0) is 6.54 Å². The highest BCUT2D eigenvalue weighted by molar-refractivity contribution is 5.25. The number of hydrogen-bond donors (Lipinski definition) is 1. The molecule has 2 rings (SSSR count). The van der Waals surface area contributed by atoms with Gasteiger partial charge in [0.25, 0.3) is 0 Å². The van der Waals surface area contributed by atoms with Gasteiger partial charge in [0, 0.05) is 25.7 Å². The van der Waals surface area contributed by atoms with E-state index in [1.54, 1.807) is 0 Å². The lowest BCUT2D eigenvalue weighted by atomic mass is 9.93. The van der Waals surface area contributed by atoms with Gasteiger partial charge in [-0.15, -0.1) is 0 Å². The van der Waals surface area contributed by atoms with Crippen molar-refractivity contribution in [2.75, 3.05) is 13.1 Å². The maximum absolute atomic E-state index is 5.79. The Hall–Kier alpha value is -0.860. The summed E-state index contributed by atoms with van der Waals surface area (Å²) < 4.78 is 0. The van der Waals surface area contributed by atoms with Crippen LogP contribution >= 0.6 is 0 Å². The summed E-state index contributed by atoms with van der Waals surface area (Å²) in [5.41, 5.74) is 8.64. The van der Waals surface area contributed by atoms with E-state index in [-0.39, 0.29) is 0 Å². The third-order valence-corrected chi connectivity index (χ3v) is 4.14. The topological polar surface area (TPSA) is 29.3 Å². The molecule has 18 heavy (non-hydrogen) atoms. The standard InChI is InChI=1S/C16H26N2/c1-14-7-5-6-8-15(14)13-18(12-11-17)16-9-3-2-4-10-16/h5-8,16H,2-4,9-13,17H2,1H3. The lowest BCUT2D eigenvalue weighted by molar-refractivity contribution is 0.152. The first-order valence-corrected chi connectivity index (χ1v) is 7.30. The van der Waals surface area contributed by atoms with E-state index in [1.165, 1.54) is 43.2 Å². The van der Waals surface area contributed by atoms with Crippen LogP contribution in [-0.4, -0.2) is 24.0 Å². The smallest absolute Gasteiger partial charge is 0.0239 e. The number of nitrogens with zero attached hydrogens (tertiary/aromatic N) is 1. The van der Waals surface area contributed by atoms with Gasteiger partial charge >= 0.3 is 0 Å². The monoisotopic (exact) mass is 246 g/mol. The van der Waals surface area contributed by atoms with Crippen LogP contribution in [0.2, 0.25) is 0 Å². The lowest BCUT2D eigenvalue weighted by Crippen LogP contribution is -2.39. The molecule has 2 nitrogen and oxygen atoms in total. The molecule has 1 saturated carbocycles. The molecule has 0 bridgehead atoms. The van der Waals surface area contributed by atoms with Crippen molar-refractivity contribution in [2.45, 2.75) is 51.6 Å². The van der Waals surface area contributed by atoms with Crippen molar-refractivity contribution in [1.82, 2.24) is 4.90 Å². The quantitative estimate of drug-likeness (QED) is 0.865. The van der Waals surface area contributed by atoms with E-state index in [2.05, 4.69) is 36.1 Å². The molecule has 0 atom stereocenters. The molecule has 100 valence electrons. The molecule has 1 aromatic rings. The van der Waals surface area contributed by atoms with Crippen molar-refractivity contribution in [3.05, 3.63) is 35.4 Å². The second-order valence-corrected chi connectivity index (χ2v) is 5.48. The molecule has 0 unspecified atom stereocenters. The van der Waals surface area contributed by atoms with Crippen LogP contribution in [0, 0.1) is 6.92 Å². The molecule has 0 saturated heterocycles. The summed E-state index contributed by atoms with van der Waals surface area (Å²) in [7, 11) is 0. The maximum atomic E-state index is 5.79. The fraction of sp³-hybridized carbons (Fsp3) is 0.625. The highest BCUT2D eigenvalue weighted by atomic mass is 15.2. The van der Waals surface area contributed by atoms with Gasteiger partial charge in [0.05, 0.1) is 0 Å². The van der Waals surface area contributed by atoms with Gasteiger partial charge in [-0.05, 0) is 30.9 Å². The summed E-state index contributed by atoms with van der Waals surface area (Å²) in [5.74, 6) is 0. The van der Waals surface area contributed by atoms with Gasteiger partial charge in [-0.3, -0.25) is 4.90 Å². The van der Waals surface area contributed by atoms with Gasteiger partial charge < -0.3 is 5.73 Å². The second kappa shape index (κ2) is 6.91. The Kier molecular flexibility index (Phi) is 5.21. The zero-order chi connectivity index (χ0) is 12.8. The van der Waals surface area contributed by atoms with Crippen LogP contribution in [0.4, 0.5) is 0 Å². The Bertz CT molecular complexity index is 356. The van der Waals surface area contributed by atoms with Crippen molar-refractivity contribution in [3.63, 3.8) is 0 Å². The van der Waals surface area contributed by atoms with E-state index < -0.39 is 0 Å². The van der Waals surface area contributed by atoms with Crippen LogP contribution in [0.15, 0.2) is 24.3 Å². The highest BCUT2D eigenvalue weighted by Crippen LogP contribution is 2.24. The molecular formula is C16H26N2. The summed E-state index contributed by atoms with van der Waals surface area (Å²) in [5, 5.41) is 0. The van der Waals surface area contributed by atoms with Crippen molar-refractivity contribution >= 4 is 0 Å². The fourth-order valence-electron chi connectivity index (χ4n) is 3.01. The largest absolute Gasteiger partial charge is 0.329 e. The predicted molar refractivity (Wildman–Crippen MR) is 77.5 cm³/mol. The predicted octanol–water partition coefficient (Wildman–Crippen LogP) is 3.09. The number of hydrogen-bond acceptors (Lipinski definition) is 2. The summed E-state index contributed by atoms with van der Waals surface area (Å²) >= 11 is 0. The Labute approximate surface area is 111 Å². The van der Waals surface area contributed by atoms with Crippen LogP contribution in [0.1, 0.15) is 43.2 Å². The molecule has 0 radical (unpaired) electrons. The Morgan fingerprint density at radius 3 is 2.56 bits per heavy atom. The van der Waals surface area contributed by atoms with Gasteiger partial charge in [-0.25, -0.2) is 0 Å². The Morgan fingerprint density at radius 1 is 1.17 bits per heavy atom. The van der Waals surface area contributed by atoms with E-state index in [4.69, 9.17) is 5.73 Å². The van der Waals surface area contributed by atoms with E-state index in [1.807, 2.05) is 0 Å². The molecule has 1 fully saturated rings. The van der Waals surface area contributed by atoms with E-state index in [9.17, 15) is 0 Å². The lowest BCUT2D eigenvalue weighted by Gasteiger charge is -2.34. The van der Waals surface area contributed by atoms with Crippen molar-refractivity contribution < 1.29 is 0 Å². The zero-order valence-corrected chi connectivity index (χ0v) is 11.6. The second-order valence-electron chi connectivity index (χ2n) is 5.48. The van der Waals surface area contributed by atoms with Gasteiger partial charge in [0.1, 0.15) is 0 Å². The Morgan fingerprint density at radius 2 is 1.89 bits per heavy atom. The fourth-order valence-corrected chi connectivity index (χ4v) is 3.01. The minimum atomic E-state index is 0.752. The third kappa shape index (κ3) is 3.56. The van der Waals surface area contributed by atoms with E-state index in [0.717, 1.165) is 25.7 Å². The number of nitrogens with two attached hydrogens (primary N) is 1. The SMILES string of the molecule is Cc1ccccc1CN(CCN)C1CCCCC1. The molecule has 2 heteroatoms. The summed E-state index contributed by atoms with van der Waals surface area (Å²) in [4.78, 5) is 2.60. The van der Waals surface area contributed by atoms with E-state index in [0.29, 0.717) is 0 Å². The number of rotatable bonds is 5. The minimum Gasteiger partial charge on any atom is -0.329 e. The first-order valence-electron chi connectivity index (χ1n) is 7.30. The first-order chi connectivity index (χ1) is 8.81. The molecule has 0 amide bonds. The summed E-state index contributed by atoms with van der Waals surface area (Å²) in [6.07, 6.45) is 6.90. The van der Waals surface area contributed by atoms with Crippen LogP contribution in [0.3, 0.4) is 0 Å². The normalized spacial score (nSPS) is 17.3. The number of benzene rings is 1. The average Bonchev–Trinajstić information content (AvgIpc) is 2.42. The first kappa shape index (κ1) is 13.6. The van der Waals surface area contributed by atoms with Gasteiger partial charge in [0.15, 0.2) is 0 Å². The zero-order valence-electron chi connectivity index (χ0n) is 11.6. The maximum Gasteiger partial charge on any atom is 0.0239 e. The molecule has 0 aromatic heterocycles. The van der Waals surface area contributed by atoms with Crippen LogP contribution in [0.5, 0.6) is 0 Å². The van der Waals surface area contributed by atoms with Crippen molar-refractivity contribution in [2.24, 2.45) is 5.73 Å². The molecule has 0 spiro atoms. The van der Waals surface area contributed by atoms with Crippen LogP contribution < -0.4 is 5.73 Å². The summed E-state index contributed by atoms with van der Waals surface area (Å²) in [6.45, 7) is 5.06. The van der Waals surface area contributed by atoms with Crippen molar-refractivity contribution in [1.29, 1.82) is 0 Å². The average molecular weight is 246 g/mol. The highest BCUT2D eigenvalue weighted by Gasteiger charge is 2.20. The third-order valence-electron chi connectivity index (χ3n) is 4.14. The van der Waals surface area contributed by atoms with Crippen LogP contribution in [0.25, 0.3) is 0 Å². The molecule has 1 aromatic carbocycles. The molecule has 1 aliphatic rings. The summed E-state index contributed by atoms with van der Waals surface area (Å²) in [6, 6.07) is 9.47. The molecule has 1 aliphatic carbocycles. The van der Waals surface area contributed by atoms with Gasteiger partial charge in [-0.1, -0.05) is 43.5 Å². The molecule has 0 heterocycles. The minimum absolute atomic E-state index is 0.752. The van der Waals surface area contributed by atoms with E-state index >= 15 is 0 Å². The molecule has 2 N–H and O–H groups in total. The Balaban J connectivity index is 2.03. The number of aryl methyl sites for hydroxylation is 1. The molecular weight excluding hydrogens is 220 g/mol. The van der Waals surface area contributed by atoms with Gasteiger partial charge in [0.2, 0.25) is 0 Å².